The lowest BCUT2D eigenvalue weighted by molar-refractivity contribution is 0.665. The summed E-state index contributed by atoms with van der Waals surface area (Å²) in [6.45, 7) is 0. The van der Waals surface area contributed by atoms with E-state index in [-0.39, 0.29) is 0 Å². The number of para-hydroxylation sites is 3. The summed E-state index contributed by atoms with van der Waals surface area (Å²) in [5, 5.41) is 9.45. The number of rotatable bonds is 4. The third-order valence-corrected chi connectivity index (χ3v) is 10.7. The molecule has 2 heteroatoms. The van der Waals surface area contributed by atoms with Crippen molar-refractivity contribution in [2.24, 2.45) is 0 Å². The van der Waals surface area contributed by atoms with Gasteiger partial charge in [0.25, 0.3) is 0 Å². The van der Waals surface area contributed by atoms with Crippen molar-refractivity contribution in [1.29, 1.82) is 0 Å². The monoisotopic (exact) mass is 662 g/mol. The Balaban J connectivity index is 1.11. The minimum absolute atomic E-state index is 0.865. The smallest absolute Gasteiger partial charge is 0.144 e. The molecule has 0 spiro atoms. The topological polar surface area (TPSA) is 26.3 Å². The number of benzene rings is 9. The first-order chi connectivity index (χ1) is 25.8. The molecule has 0 aliphatic carbocycles. The predicted molar refractivity (Wildman–Crippen MR) is 218 cm³/mol. The molecule has 242 valence electrons. The van der Waals surface area contributed by atoms with Gasteiger partial charge in [-0.1, -0.05) is 164 Å². The Hall–Kier alpha value is -6.90. The maximum atomic E-state index is 6.72. The lowest BCUT2D eigenvalue weighted by Gasteiger charge is -2.18. The minimum Gasteiger partial charge on any atom is -0.455 e. The van der Waals surface area contributed by atoms with Crippen molar-refractivity contribution >= 4 is 65.4 Å². The molecule has 2 heterocycles. The number of furan rings is 2. The van der Waals surface area contributed by atoms with Crippen LogP contribution in [0.2, 0.25) is 0 Å². The first-order valence-electron chi connectivity index (χ1n) is 17.8. The maximum Gasteiger partial charge on any atom is 0.144 e. The summed E-state index contributed by atoms with van der Waals surface area (Å²) < 4.78 is 13.2. The zero-order chi connectivity index (χ0) is 34.2. The highest BCUT2D eigenvalue weighted by molar-refractivity contribution is 6.22. The van der Waals surface area contributed by atoms with Crippen molar-refractivity contribution < 1.29 is 8.83 Å². The van der Waals surface area contributed by atoms with E-state index in [4.69, 9.17) is 8.83 Å². The Morgan fingerprint density at radius 3 is 1.35 bits per heavy atom. The van der Waals surface area contributed by atoms with Gasteiger partial charge in [0.15, 0.2) is 0 Å². The van der Waals surface area contributed by atoms with Gasteiger partial charge in [-0.2, -0.15) is 0 Å². The lowest BCUT2D eigenvalue weighted by atomic mass is 9.85. The molecule has 0 radical (unpaired) electrons. The SMILES string of the molecule is c1ccc(-c2c3ccccc3c(-c3ccc(-c4ccc(-c5cccc6c5oc5ccccc56)c5oc6ccccc6c45)cc3)c3ccccc23)cc1. The Morgan fingerprint density at radius 2 is 0.692 bits per heavy atom. The van der Waals surface area contributed by atoms with Crippen molar-refractivity contribution in [1.82, 2.24) is 0 Å². The first-order valence-corrected chi connectivity index (χ1v) is 17.8. The summed E-state index contributed by atoms with van der Waals surface area (Å²) in [7, 11) is 0. The van der Waals surface area contributed by atoms with Crippen LogP contribution in [-0.4, -0.2) is 0 Å². The molecule has 0 saturated carbocycles. The Kier molecular flexibility index (Phi) is 6.28. The second-order valence-electron chi connectivity index (χ2n) is 13.5. The van der Waals surface area contributed by atoms with Crippen molar-refractivity contribution in [3.63, 3.8) is 0 Å². The zero-order valence-electron chi connectivity index (χ0n) is 28.1. The van der Waals surface area contributed by atoms with Crippen LogP contribution in [0.1, 0.15) is 0 Å². The van der Waals surface area contributed by atoms with Gasteiger partial charge in [-0.05, 0) is 73.1 Å². The molecule has 11 aromatic rings. The molecule has 0 amide bonds. The summed E-state index contributed by atoms with van der Waals surface area (Å²) in [5.74, 6) is 0. The Bertz CT molecular complexity index is 3100. The first kappa shape index (κ1) is 28.9. The summed E-state index contributed by atoms with van der Waals surface area (Å²) >= 11 is 0. The molecule has 0 aliphatic heterocycles. The van der Waals surface area contributed by atoms with Crippen LogP contribution in [0.25, 0.3) is 110 Å². The molecule has 2 aromatic heterocycles. The third kappa shape index (κ3) is 4.25. The van der Waals surface area contributed by atoms with E-state index in [9.17, 15) is 0 Å². The van der Waals surface area contributed by atoms with E-state index < -0.39 is 0 Å². The molecule has 0 unspecified atom stereocenters. The average Bonchev–Trinajstić information content (AvgIpc) is 3.79. The van der Waals surface area contributed by atoms with E-state index in [1.807, 2.05) is 18.2 Å². The van der Waals surface area contributed by atoms with Gasteiger partial charge in [-0.25, -0.2) is 0 Å². The standard InChI is InChI=1S/C50H30O2/c1-2-13-32(14-3-1)46-36-16-4-6-18-38(36)47(39-19-7-5-17-37(39)46)33-27-25-31(26-28-33)34-29-30-42(50-48(34)43-20-9-11-24-45(43)52-50)41-22-12-21-40-35-15-8-10-23-44(35)51-49(40)41/h1-30H. The Morgan fingerprint density at radius 1 is 0.250 bits per heavy atom. The van der Waals surface area contributed by atoms with Crippen molar-refractivity contribution in [2.45, 2.75) is 0 Å². The molecule has 0 bridgehead atoms. The van der Waals surface area contributed by atoms with Crippen molar-refractivity contribution in [3.05, 3.63) is 182 Å². The number of fused-ring (bicyclic) bond motifs is 8. The third-order valence-electron chi connectivity index (χ3n) is 10.7. The fourth-order valence-electron chi connectivity index (χ4n) is 8.41. The number of hydrogen-bond donors (Lipinski definition) is 0. The molecular weight excluding hydrogens is 633 g/mol. The average molecular weight is 663 g/mol. The van der Waals surface area contributed by atoms with Crippen LogP contribution in [0.3, 0.4) is 0 Å². The highest BCUT2D eigenvalue weighted by Crippen LogP contribution is 2.46. The molecule has 11 rings (SSSR count). The minimum atomic E-state index is 0.865. The van der Waals surface area contributed by atoms with Gasteiger partial charge in [0.1, 0.15) is 22.3 Å². The van der Waals surface area contributed by atoms with Crippen LogP contribution >= 0.6 is 0 Å². The van der Waals surface area contributed by atoms with Crippen LogP contribution in [0.5, 0.6) is 0 Å². The van der Waals surface area contributed by atoms with E-state index in [2.05, 4.69) is 164 Å². The van der Waals surface area contributed by atoms with Gasteiger partial charge in [0.05, 0.1) is 0 Å². The van der Waals surface area contributed by atoms with Crippen molar-refractivity contribution in [2.75, 3.05) is 0 Å². The molecule has 52 heavy (non-hydrogen) atoms. The highest BCUT2D eigenvalue weighted by atomic mass is 16.3. The van der Waals surface area contributed by atoms with E-state index >= 15 is 0 Å². The second-order valence-corrected chi connectivity index (χ2v) is 13.5. The van der Waals surface area contributed by atoms with Crippen LogP contribution in [0.15, 0.2) is 191 Å². The zero-order valence-corrected chi connectivity index (χ0v) is 28.1. The van der Waals surface area contributed by atoms with Gasteiger partial charge < -0.3 is 8.83 Å². The molecule has 9 aromatic carbocycles. The fourth-order valence-corrected chi connectivity index (χ4v) is 8.41. The van der Waals surface area contributed by atoms with Gasteiger partial charge in [0.2, 0.25) is 0 Å². The quantitative estimate of drug-likeness (QED) is 0.175. The van der Waals surface area contributed by atoms with Crippen LogP contribution in [0, 0.1) is 0 Å². The molecule has 0 atom stereocenters. The van der Waals surface area contributed by atoms with Crippen LogP contribution in [0.4, 0.5) is 0 Å². The molecular formula is C50H30O2. The second kappa shape index (κ2) is 11.3. The molecule has 0 aliphatic rings. The molecule has 0 fully saturated rings. The molecule has 0 N–H and O–H groups in total. The fraction of sp³-hybridized carbons (Fsp3) is 0. The highest BCUT2D eigenvalue weighted by Gasteiger charge is 2.21. The largest absolute Gasteiger partial charge is 0.455 e. The van der Waals surface area contributed by atoms with E-state index in [0.29, 0.717) is 0 Å². The van der Waals surface area contributed by atoms with Crippen molar-refractivity contribution in [3.8, 4) is 44.5 Å². The number of hydrogen-bond acceptors (Lipinski definition) is 2. The maximum absolute atomic E-state index is 6.72. The summed E-state index contributed by atoms with van der Waals surface area (Å²) in [5.41, 5.74) is 12.8. The normalized spacial score (nSPS) is 11.8. The molecule has 0 saturated heterocycles. The summed E-state index contributed by atoms with van der Waals surface area (Å²) in [6, 6.07) is 64.9. The van der Waals surface area contributed by atoms with Gasteiger partial charge >= 0.3 is 0 Å². The van der Waals surface area contributed by atoms with Gasteiger partial charge in [-0.3, -0.25) is 0 Å². The van der Waals surface area contributed by atoms with Crippen LogP contribution < -0.4 is 0 Å². The lowest BCUT2D eigenvalue weighted by Crippen LogP contribution is -1.91. The van der Waals surface area contributed by atoms with Gasteiger partial charge in [-0.15, -0.1) is 0 Å². The van der Waals surface area contributed by atoms with E-state index in [0.717, 1.165) is 66.1 Å². The molecule has 2 nitrogen and oxygen atoms in total. The summed E-state index contributed by atoms with van der Waals surface area (Å²) in [4.78, 5) is 0. The Labute approximate surface area is 299 Å². The van der Waals surface area contributed by atoms with Gasteiger partial charge in [0, 0.05) is 32.7 Å². The summed E-state index contributed by atoms with van der Waals surface area (Å²) in [6.07, 6.45) is 0. The van der Waals surface area contributed by atoms with Crippen LogP contribution in [-0.2, 0) is 0 Å². The predicted octanol–water partition coefficient (Wildman–Crippen LogP) is 14.5. The van der Waals surface area contributed by atoms with E-state index in [1.165, 1.54) is 43.8 Å². The van der Waals surface area contributed by atoms with E-state index in [1.54, 1.807) is 0 Å².